The Morgan fingerprint density at radius 1 is 1.12 bits per heavy atom. The van der Waals surface area contributed by atoms with Crippen molar-refractivity contribution in [2.24, 2.45) is 5.73 Å². The number of carbonyl (C=O) groups excluding carboxylic acids is 1. The monoisotopic (exact) mass is 239 g/mol. The van der Waals surface area contributed by atoms with Crippen LogP contribution >= 0.6 is 0 Å². The maximum atomic E-state index is 11.8. The van der Waals surface area contributed by atoms with Gasteiger partial charge in [-0.3, -0.25) is 9.69 Å². The Balaban J connectivity index is 1.79. The highest BCUT2D eigenvalue weighted by atomic mass is 16.2. The molecule has 98 valence electrons. The molecule has 2 fully saturated rings. The lowest BCUT2D eigenvalue weighted by Crippen LogP contribution is -2.54. The van der Waals surface area contributed by atoms with Crippen molar-refractivity contribution in [2.75, 3.05) is 26.2 Å². The summed E-state index contributed by atoms with van der Waals surface area (Å²) in [5.74, 6) is 0.105. The Hall–Kier alpha value is -0.610. The van der Waals surface area contributed by atoms with Crippen LogP contribution in [0, 0.1) is 0 Å². The first kappa shape index (κ1) is 12.8. The topological polar surface area (TPSA) is 49.6 Å². The van der Waals surface area contributed by atoms with Gasteiger partial charge in [0.1, 0.15) is 0 Å². The SMILES string of the molecule is C[C@@H](N)C(=O)N1CCN(C2CCCCC2)CC1. The number of hydrogen-bond acceptors (Lipinski definition) is 3. The van der Waals surface area contributed by atoms with Gasteiger partial charge in [0.05, 0.1) is 6.04 Å². The van der Waals surface area contributed by atoms with Gasteiger partial charge < -0.3 is 10.6 Å². The molecule has 0 unspecified atom stereocenters. The lowest BCUT2D eigenvalue weighted by Gasteiger charge is -2.41. The minimum Gasteiger partial charge on any atom is -0.339 e. The Bertz CT molecular complexity index is 253. The summed E-state index contributed by atoms with van der Waals surface area (Å²) >= 11 is 0. The molecule has 1 saturated heterocycles. The fourth-order valence-corrected chi connectivity index (χ4v) is 3.04. The number of nitrogens with two attached hydrogens (primary N) is 1. The summed E-state index contributed by atoms with van der Waals surface area (Å²) in [6.45, 7) is 5.55. The van der Waals surface area contributed by atoms with Crippen LogP contribution in [0.4, 0.5) is 0 Å². The molecule has 1 atom stereocenters. The average molecular weight is 239 g/mol. The molecular formula is C13H25N3O. The molecule has 2 rings (SSSR count). The van der Waals surface area contributed by atoms with E-state index in [9.17, 15) is 4.79 Å². The van der Waals surface area contributed by atoms with Gasteiger partial charge in [0.2, 0.25) is 5.91 Å². The standard InChI is InChI=1S/C13H25N3O/c1-11(14)13(17)16-9-7-15(8-10-16)12-5-3-2-4-6-12/h11-12H,2-10,14H2,1H3/t11-/m1/s1. The largest absolute Gasteiger partial charge is 0.339 e. The molecule has 1 saturated carbocycles. The van der Waals surface area contributed by atoms with E-state index in [0.29, 0.717) is 0 Å². The summed E-state index contributed by atoms with van der Waals surface area (Å²) in [7, 11) is 0. The van der Waals surface area contributed by atoms with Crippen molar-refractivity contribution in [1.29, 1.82) is 0 Å². The van der Waals surface area contributed by atoms with Crippen LogP contribution in [0.1, 0.15) is 39.0 Å². The van der Waals surface area contributed by atoms with E-state index in [4.69, 9.17) is 5.73 Å². The molecule has 17 heavy (non-hydrogen) atoms. The van der Waals surface area contributed by atoms with Crippen molar-refractivity contribution in [3.63, 3.8) is 0 Å². The molecule has 1 aliphatic heterocycles. The number of carbonyl (C=O) groups is 1. The van der Waals surface area contributed by atoms with E-state index < -0.39 is 0 Å². The van der Waals surface area contributed by atoms with Gasteiger partial charge in [-0.25, -0.2) is 0 Å². The molecule has 0 radical (unpaired) electrons. The van der Waals surface area contributed by atoms with Gasteiger partial charge in [0, 0.05) is 32.2 Å². The Kier molecular flexibility index (Phi) is 4.40. The zero-order chi connectivity index (χ0) is 12.3. The Labute approximate surface area is 104 Å². The molecule has 1 aliphatic carbocycles. The van der Waals surface area contributed by atoms with Crippen molar-refractivity contribution in [2.45, 2.75) is 51.1 Å². The van der Waals surface area contributed by atoms with Crippen molar-refractivity contribution in [3.8, 4) is 0 Å². The third-order valence-corrected chi connectivity index (χ3v) is 4.11. The maximum absolute atomic E-state index is 11.8. The third-order valence-electron chi connectivity index (χ3n) is 4.11. The number of nitrogens with zero attached hydrogens (tertiary/aromatic N) is 2. The summed E-state index contributed by atoms with van der Waals surface area (Å²) in [4.78, 5) is 16.3. The van der Waals surface area contributed by atoms with Gasteiger partial charge in [-0.1, -0.05) is 19.3 Å². The van der Waals surface area contributed by atoms with Crippen LogP contribution in [-0.2, 0) is 4.79 Å². The number of amides is 1. The van der Waals surface area contributed by atoms with E-state index in [0.717, 1.165) is 32.2 Å². The second kappa shape index (κ2) is 5.83. The van der Waals surface area contributed by atoms with Gasteiger partial charge >= 0.3 is 0 Å². The quantitative estimate of drug-likeness (QED) is 0.776. The summed E-state index contributed by atoms with van der Waals surface area (Å²) in [5.41, 5.74) is 5.64. The van der Waals surface area contributed by atoms with Gasteiger partial charge in [-0.2, -0.15) is 0 Å². The predicted molar refractivity (Wildman–Crippen MR) is 68.7 cm³/mol. The molecule has 0 aromatic carbocycles. The van der Waals surface area contributed by atoms with Gasteiger partial charge in [-0.15, -0.1) is 0 Å². The maximum Gasteiger partial charge on any atom is 0.239 e. The highest BCUT2D eigenvalue weighted by Gasteiger charge is 2.27. The number of hydrogen-bond donors (Lipinski definition) is 1. The number of rotatable bonds is 2. The first-order valence-electron chi connectivity index (χ1n) is 6.97. The van der Waals surface area contributed by atoms with Crippen LogP contribution in [0.5, 0.6) is 0 Å². The van der Waals surface area contributed by atoms with Crippen molar-refractivity contribution < 1.29 is 4.79 Å². The normalized spacial score (nSPS) is 25.9. The first-order chi connectivity index (χ1) is 8.18. The molecule has 0 spiro atoms. The highest BCUT2D eigenvalue weighted by Crippen LogP contribution is 2.23. The van der Waals surface area contributed by atoms with E-state index in [1.165, 1.54) is 32.1 Å². The number of piperazine rings is 1. The van der Waals surface area contributed by atoms with Crippen molar-refractivity contribution in [1.82, 2.24) is 9.80 Å². The van der Waals surface area contributed by atoms with E-state index >= 15 is 0 Å². The van der Waals surface area contributed by atoms with Crippen LogP contribution in [0.2, 0.25) is 0 Å². The second-order valence-corrected chi connectivity index (χ2v) is 5.44. The minimum absolute atomic E-state index is 0.105. The smallest absolute Gasteiger partial charge is 0.239 e. The fourth-order valence-electron chi connectivity index (χ4n) is 3.04. The predicted octanol–water partition coefficient (Wildman–Crippen LogP) is 0.811. The molecule has 0 aromatic heterocycles. The average Bonchev–Trinajstić information content (AvgIpc) is 2.39. The van der Waals surface area contributed by atoms with E-state index in [1.54, 1.807) is 6.92 Å². The molecule has 4 heteroatoms. The minimum atomic E-state index is -0.351. The van der Waals surface area contributed by atoms with E-state index in [-0.39, 0.29) is 11.9 Å². The van der Waals surface area contributed by atoms with Crippen molar-refractivity contribution >= 4 is 5.91 Å². The van der Waals surface area contributed by atoms with Gasteiger partial charge in [0.25, 0.3) is 0 Å². The van der Waals surface area contributed by atoms with Crippen LogP contribution in [0.25, 0.3) is 0 Å². The summed E-state index contributed by atoms with van der Waals surface area (Å²) < 4.78 is 0. The molecule has 1 amide bonds. The molecule has 0 bridgehead atoms. The molecule has 2 aliphatic rings. The lowest BCUT2D eigenvalue weighted by atomic mass is 9.94. The van der Waals surface area contributed by atoms with Crippen LogP contribution in [0.15, 0.2) is 0 Å². The van der Waals surface area contributed by atoms with Crippen LogP contribution < -0.4 is 5.73 Å². The summed E-state index contributed by atoms with van der Waals surface area (Å²) in [6, 6.07) is 0.424. The highest BCUT2D eigenvalue weighted by molar-refractivity contribution is 5.81. The fraction of sp³-hybridized carbons (Fsp3) is 0.923. The van der Waals surface area contributed by atoms with Gasteiger partial charge in [-0.05, 0) is 19.8 Å². The first-order valence-corrected chi connectivity index (χ1v) is 6.97. The molecule has 4 nitrogen and oxygen atoms in total. The summed E-state index contributed by atoms with van der Waals surface area (Å²) in [5, 5.41) is 0. The second-order valence-electron chi connectivity index (χ2n) is 5.44. The third kappa shape index (κ3) is 3.19. The lowest BCUT2D eigenvalue weighted by molar-refractivity contribution is -0.134. The zero-order valence-electron chi connectivity index (χ0n) is 10.9. The molecule has 2 N–H and O–H groups in total. The van der Waals surface area contributed by atoms with Crippen LogP contribution in [-0.4, -0.2) is 54.0 Å². The molecular weight excluding hydrogens is 214 g/mol. The Morgan fingerprint density at radius 3 is 2.24 bits per heavy atom. The van der Waals surface area contributed by atoms with Crippen molar-refractivity contribution in [3.05, 3.63) is 0 Å². The zero-order valence-corrected chi connectivity index (χ0v) is 10.9. The van der Waals surface area contributed by atoms with Crippen LogP contribution in [0.3, 0.4) is 0 Å². The van der Waals surface area contributed by atoms with Gasteiger partial charge in [0.15, 0.2) is 0 Å². The van der Waals surface area contributed by atoms with E-state index in [1.807, 2.05) is 4.90 Å². The Morgan fingerprint density at radius 2 is 1.71 bits per heavy atom. The molecule has 1 heterocycles. The summed E-state index contributed by atoms with van der Waals surface area (Å²) in [6.07, 6.45) is 6.86. The molecule has 0 aromatic rings. The van der Waals surface area contributed by atoms with E-state index in [2.05, 4.69) is 4.90 Å².